The van der Waals surface area contributed by atoms with Crippen molar-refractivity contribution in [2.24, 2.45) is 5.16 Å². The lowest BCUT2D eigenvalue weighted by molar-refractivity contribution is -0.132. The fourth-order valence-electron chi connectivity index (χ4n) is 2.29. The predicted octanol–water partition coefficient (Wildman–Crippen LogP) is 5.53. The van der Waals surface area contributed by atoms with Crippen LogP contribution in [0, 0.1) is 0 Å². The van der Waals surface area contributed by atoms with Crippen LogP contribution in [-0.2, 0) is 21.0 Å². The molecule has 8 heteroatoms. The monoisotopic (exact) mass is 515 g/mol. The summed E-state index contributed by atoms with van der Waals surface area (Å²) in [5.74, 6) is -0.0820. The molecule has 0 aliphatic heterocycles. The van der Waals surface area contributed by atoms with Gasteiger partial charge in [-0.2, -0.15) is 0 Å². The molecule has 0 amide bonds. The predicted molar refractivity (Wildman–Crippen MR) is 114 cm³/mol. The second kappa shape index (κ2) is 10.5. The third-order valence-corrected chi connectivity index (χ3v) is 4.34. The Morgan fingerprint density at radius 1 is 1.15 bits per heavy atom. The van der Waals surface area contributed by atoms with E-state index in [1.54, 1.807) is 18.2 Å². The van der Waals surface area contributed by atoms with Crippen LogP contribution in [0.3, 0.4) is 0 Å². The van der Waals surface area contributed by atoms with Gasteiger partial charge in [0.1, 0.15) is 19.5 Å². The van der Waals surface area contributed by atoms with Gasteiger partial charge in [0.2, 0.25) is 0 Å². The molecule has 0 bridgehead atoms. The van der Waals surface area contributed by atoms with Gasteiger partial charge in [-0.25, -0.2) is 4.79 Å². The third-order valence-electron chi connectivity index (χ3n) is 3.47. The summed E-state index contributed by atoms with van der Waals surface area (Å²) >= 11 is 13.0. The number of ether oxygens (including phenoxy) is 2. The van der Waals surface area contributed by atoms with Gasteiger partial charge >= 0.3 is 5.97 Å². The molecule has 0 saturated carbocycles. The molecule has 0 atom stereocenters. The van der Waals surface area contributed by atoms with Crippen LogP contribution in [0.5, 0.6) is 5.75 Å². The normalized spacial score (nSPS) is 10.9. The van der Waals surface area contributed by atoms with Gasteiger partial charge in [-0.05, 0) is 55.1 Å². The lowest BCUT2D eigenvalue weighted by Crippen LogP contribution is -2.19. The first kappa shape index (κ1) is 21.5. The Kier molecular flexibility index (Phi) is 8.34. The Balaban J connectivity index is 2.32. The zero-order chi connectivity index (χ0) is 19.8. The number of benzene rings is 2. The summed E-state index contributed by atoms with van der Waals surface area (Å²) < 4.78 is 11.4. The topological polar surface area (TPSA) is 57.1 Å². The smallest absolute Gasteiger partial charge is 0.360 e. The maximum atomic E-state index is 12.0. The molecule has 0 aromatic heterocycles. The van der Waals surface area contributed by atoms with Crippen LogP contribution in [0.25, 0.3) is 6.08 Å². The van der Waals surface area contributed by atoms with Crippen molar-refractivity contribution < 1.29 is 19.1 Å². The van der Waals surface area contributed by atoms with Gasteiger partial charge < -0.3 is 14.3 Å². The fraction of sp³-hybridized carbons (Fsp3) is 0.158. The van der Waals surface area contributed by atoms with Crippen molar-refractivity contribution in [1.29, 1.82) is 0 Å². The molecule has 142 valence electrons. The van der Waals surface area contributed by atoms with Crippen molar-refractivity contribution in [2.45, 2.75) is 6.61 Å². The molecule has 0 spiro atoms. The van der Waals surface area contributed by atoms with Crippen molar-refractivity contribution in [2.75, 3.05) is 14.2 Å². The van der Waals surface area contributed by atoms with E-state index in [-0.39, 0.29) is 12.3 Å². The Morgan fingerprint density at radius 3 is 2.56 bits per heavy atom. The molecule has 2 rings (SSSR count). The molecule has 2 aromatic rings. The number of methoxy groups -OCH3 is 1. The number of hydrogen-bond donors (Lipinski definition) is 0. The van der Waals surface area contributed by atoms with Crippen molar-refractivity contribution >= 4 is 61.2 Å². The van der Waals surface area contributed by atoms with E-state index in [1.165, 1.54) is 14.2 Å². The first-order chi connectivity index (χ1) is 13.0. The number of nitrogens with zero attached hydrogens (tertiary/aromatic N) is 1. The van der Waals surface area contributed by atoms with Crippen molar-refractivity contribution in [1.82, 2.24) is 0 Å². The van der Waals surface area contributed by atoms with Crippen molar-refractivity contribution in [3.63, 3.8) is 0 Å². The zero-order valence-electron chi connectivity index (χ0n) is 14.5. The number of carbonyl (C=O) groups is 1. The van der Waals surface area contributed by atoms with Gasteiger partial charge in [-0.1, -0.05) is 53.2 Å². The first-order valence-corrected chi connectivity index (χ1v) is 9.66. The quantitative estimate of drug-likeness (QED) is 0.275. The summed E-state index contributed by atoms with van der Waals surface area (Å²) in [6.45, 7) is 0.179. The molecule has 2 aromatic carbocycles. The minimum Gasteiger partial charge on any atom is -0.487 e. The van der Waals surface area contributed by atoms with Crippen LogP contribution in [0.4, 0.5) is 0 Å². The standard InChI is InChI=1S/C19H16Br2ClNO4/c1-25-19(24)18(23-26-2)14-8-4-3-6-13(14)11-27-15-9-5-7-12(17(15)22)10-16(20)21/h3-10H,11H2,1-2H3. The second-order valence-corrected chi connectivity index (χ2v) is 8.30. The SMILES string of the molecule is CON=C(C(=O)OC)c1ccccc1COc1cccc(C=C(Br)Br)c1Cl. The lowest BCUT2D eigenvalue weighted by Gasteiger charge is -2.13. The van der Waals surface area contributed by atoms with Gasteiger partial charge in [0.05, 0.1) is 15.5 Å². The highest BCUT2D eigenvalue weighted by Crippen LogP contribution is 2.32. The molecule has 0 radical (unpaired) electrons. The minimum atomic E-state index is -0.600. The molecule has 5 nitrogen and oxygen atoms in total. The lowest BCUT2D eigenvalue weighted by atomic mass is 10.0. The highest BCUT2D eigenvalue weighted by molar-refractivity contribution is 9.28. The summed E-state index contributed by atoms with van der Waals surface area (Å²) in [5.41, 5.74) is 2.14. The van der Waals surface area contributed by atoms with E-state index < -0.39 is 5.97 Å². The van der Waals surface area contributed by atoms with Crippen LogP contribution in [0.2, 0.25) is 5.02 Å². The Labute approximate surface area is 179 Å². The molecule has 0 fully saturated rings. The average Bonchev–Trinajstić information content (AvgIpc) is 2.66. The van der Waals surface area contributed by atoms with E-state index in [4.69, 9.17) is 25.9 Å². The number of esters is 1. The largest absolute Gasteiger partial charge is 0.487 e. The maximum absolute atomic E-state index is 12.0. The summed E-state index contributed by atoms with van der Waals surface area (Å²) in [6, 6.07) is 12.7. The van der Waals surface area contributed by atoms with Crippen molar-refractivity contribution in [3.05, 3.63) is 67.6 Å². The maximum Gasteiger partial charge on any atom is 0.360 e. The second-order valence-electron chi connectivity index (χ2n) is 5.15. The van der Waals surface area contributed by atoms with Gasteiger partial charge in [-0.15, -0.1) is 0 Å². The number of carbonyl (C=O) groups excluding carboxylic acids is 1. The highest BCUT2D eigenvalue weighted by atomic mass is 79.9. The van der Waals surface area contributed by atoms with E-state index >= 15 is 0 Å². The first-order valence-electron chi connectivity index (χ1n) is 7.69. The van der Waals surface area contributed by atoms with Crippen molar-refractivity contribution in [3.8, 4) is 5.75 Å². The average molecular weight is 518 g/mol. The van der Waals surface area contributed by atoms with Gasteiger partial charge in [0, 0.05) is 5.56 Å². The highest BCUT2D eigenvalue weighted by Gasteiger charge is 2.19. The van der Waals surface area contributed by atoms with Gasteiger partial charge in [-0.3, -0.25) is 0 Å². The molecule has 0 aliphatic carbocycles. The molecule has 0 saturated heterocycles. The molecule has 0 unspecified atom stereocenters. The molecule has 0 aliphatic rings. The Morgan fingerprint density at radius 2 is 1.89 bits per heavy atom. The Bertz CT molecular complexity index is 880. The number of halogens is 3. The minimum absolute atomic E-state index is 0.0604. The summed E-state index contributed by atoms with van der Waals surface area (Å²) in [4.78, 5) is 16.8. The van der Waals surface area contributed by atoms with E-state index in [0.29, 0.717) is 16.3 Å². The van der Waals surface area contributed by atoms with Gasteiger partial charge in [0.15, 0.2) is 5.71 Å². The van der Waals surface area contributed by atoms with E-state index in [0.717, 1.165) is 14.5 Å². The summed E-state index contributed by atoms with van der Waals surface area (Å²) in [7, 11) is 2.65. The van der Waals surface area contributed by atoms with E-state index in [9.17, 15) is 4.79 Å². The van der Waals surface area contributed by atoms with Gasteiger partial charge in [0.25, 0.3) is 0 Å². The van der Waals surface area contributed by atoms with E-state index in [1.807, 2.05) is 30.3 Å². The molecule has 27 heavy (non-hydrogen) atoms. The van der Waals surface area contributed by atoms with Crippen LogP contribution < -0.4 is 4.74 Å². The molecular formula is C19H16Br2ClNO4. The van der Waals surface area contributed by atoms with E-state index in [2.05, 4.69) is 37.0 Å². The van der Waals surface area contributed by atoms with Crippen LogP contribution in [0.15, 0.2) is 51.0 Å². The van der Waals surface area contributed by atoms with Crippen LogP contribution >= 0.6 is 43.5 Å². The van der Waals surface area contributed by atoms with Crippen LogP contribution in [0.1, 0.15) is 16.7 Å². The zero-order valence-corrected chi connectivity index (χ0v) is 18.5. The number of hydrogen-bond acceptors (Lipinski definition) is 5. The third kappa shape index (κ3) is 5.82. The summed E-state index contributed by atoms with van der Waals surface area (Å²) in [6.07, 6.45) is 1.82. The Hall–Kier alpha value is -1.83. The summed E-state index contributed by atoms with van der Waals surface area (Å²) in [5, 5.41) is 4.26. The molecule has 0 N–H and O–H groups in total. The van der Waals surface area contributed by atoms with Crippen LogP contribution in [-0.4, -0.2) is 25.9 Å². The fourth-order valence-corrected chi connectivity index (χ4v) is 3.01. The number of oxime groups is 1. The molecular weight excluding hydrogens is 501 g/mol. The number of rotatable bonds is 7. The molecule has 0 heterocycles.